The first-order valence-electron chi connectivity index (χ1n) is 6.99. The minimum absolute atomic E-state index is 0.00597. The van der Waals surface area contributed by atoms with Gasteiger partial charge in [0.1, 0.15) is 6.17 Å². The number of nitrogens with one attached hydrogen (secondary N) is 1. The topological polar surface area (TPSA) is 52.7 Å². The molecule has 2 bridgehead atoms. The summed E-state index contributed by atoms with van der Waals surface area (Å²) in [7, 11) is 4.30. The van der Waals surface area contributed by atoms with Crippen LogP contribution in [0.2, 0.25) is 0 Å². The lowest BCUT2D eigenvalue weighted by molar-refractivity contribution is -0.157. The maximum Gasteiger partial charge on any atom is 0.261 e. The fourth-order valence-electron chi connectivity index (χ4n) is 3.97. The van der Waals surface area contributed by atoms with Crippen molar-refractivity contribution in [2.24, 2.45) is 0 Å². The minimum atomic E-state index is -1.73. The predicted octanol–water partition coefficient (Wildman–Crippen LogP) is 1.72. The maximum absolute atomic E-state index is 15.9. The number of anilines is 1. The van der Waals surface area contributed by atoms with Gasteiger partial charge in [-0.1, -0.05) is 39.8 Å². The number of carbonyl (C=O) groups excluding carboxylic acids is 2. The van der Waals surface area contributed by atoms with Crippen LogP contribution in [0.15, 0.2) is 24.3 Å². The van der Waals surface area contributed by atoms with Crippen LogP contribution >= 0.6 is 21.6 Å². The van der Waals surface area contributed by atoms with Gasteiger partial charge < -0.3 is 10.2 Å². The zero-order valence-electron chi connectivity index (χ0n) is 11.6. The summed E-state index contributed by atoms with van der Waals surface area (Å²) in [4.78, 5) is 27.3. The highest BCUT2D eigenvalue weighted by atomic mass is 33.1. The number of amides is 2. The van der Waals surface area contributed by atoms with Gasteiger partial charge in [0.05, 0.1) is 0 Å². The van der Waals surface area contributed by atoms with Crippen molar-refractivity contribution in [2.45, 2.75) is 28.5 Å². The lowest BCUT2D eigenvalue weighted by Crippen LogP contribution is -2.70. The van der Waals surface area contributed by atoms with Crippen LogP contribution in [0.5, 0.6) is 0 Å². The molecular weight excluding hydrogens is 325 g/mol. The summed E-state index contributed by atoms with van der Waals surface area (Å²) < 4.78 is 15.9. The van der Waals surface area contributed by atoms with E-state index in [4.69, 9.17) is 0 Å². The monoisotopic (exact) mass is 337 g/mol. The summed E-state index contributed by atoms with van der Waals surface area (Å²) in [6.07, 6.45) is -0.806. The minimum Gasteiger partial charge on any atom is -0.362 e. The molecule has 1 aromatic carbocycles. The van der Waals surface area contributed by atoms with E-state index >= 15 is 4.39 Å². The Morgan fingerprint density at radius 3 is 2.95 bits per heavy atom. The van der Waals surface area contributed by atoms with E-state index in [2.05, 4.69) is 5.32 Å². The molecule has 1 aromatic rings. The number of para-hydroxylation sites is 1. The molecule has 5 aliphatic rings. The SMILES string of the molecule is CN1C(=O)[C@@]23C[C@]4(F)c5ccccc5N[C@@H]4N2C(=O)[C@@H]1SS3. The van der Waals surface area contributed by atoms with Crippen molar-refractivity contribution in [3.63, 3.8) is 0 Å². The number of piperazine rings is 1. The summed E-state index contributed by atoms with van der Waals surface area (Å²) in [6, 6.07) is 7.17. The van der Waals surface area contributed by atoms with Crippen LogP contribution < -0.4 is 5.32 Å². The van der Waals surface area contributed by atoms with Crippen LogP contribution in [-0.2, 0) is 15.3 Å². The Morgan fingerprint density at radius 2 is 2.14 bits per heavy atom. The molecule has 114 valence electrons. The van der Waals surface area contributed by atoms with Crippen molar-refractivity contribution < 1.29 is 14.0 Å². The summed E-state index contributed by atoms with van der Waals surface area (Å²) in [5.74, 6) is -0.359. The average molecular weight is 337 g/mol. The quantitative estimate of drug-likeness (QED) is 0.731. The molecule has 0 radical (unpaired) electrons. The Hall–Kier alpha value is -1.41. The first-order chi connectivity index (χ1) is 10.5. The largest absolute Gasteiger partial charge is 0.362 e. The molecule has 4 fully saturated rings. The molecule has 1 spiro atoms. The average Bonchev–Trinajstić information content (AvgIpc) is 2.92. The second-order valence-corrected chi connectivity index (χ2v) is 8.63. The zero-order valence-corrected chi connectivity index (χ0v) is 13.2. The number of rotatable bonds is 0. The molecule has 5 heterocycles. The van der Waals surface area contributed by atoms with E-state index in [0.29, 0.717) is 11.3 Å². The van der Waals surface area contributed by atoms with E-state index in [1.54, 1.807) is 19.2 Å². The molecule has 0 aliphatic carbocycles. The molecule has 6 rings (SSSR count). The Bertz CT molecular complexity index is 747. The van der Waals surface area contributed by atoms with Gasteiger partial charge in [0.15, 0.2) is 15.9 Å². The third-order valence-corrected chi connectivity index (χ3v) is 8.23. The molecule has 0 unspecified atom stereocenters. The van der Waals surface area contributed by atoms with Gasteiger partial charge in [-0.25, -0.2) is 4.39 Å². The Balaban J connectivity index is 1.71. The lowest BCUT2D eigenvalue weighted by Gasteiger charge is -2.52. The van der Waals surface area contributed by atoms with Crippen LogP contribution in [-0.4, -0.2) is 45.1 Å². The van der Waals surface area contributed by atoms with Gasteiger partial charge in [0, 0.05) is 24.7 Å². The number of hydrogen-bond donors (Lipinski definition) is 1. The molecule has 8 heteroatoms. The van der Waals surface area contributed by atoms with Crippen LogP contribution in [0, 0.1) is 0 Å². The van der Waals surface area contributed by atoms with Gasteiger partial charge >= 0.3 is 0 Å². The molecule has 22 heavy (non-hydrogen) atoms. The van der Waals surface area contributed by atoms with Crippen molar-refractivity contribution in [2.75, 3.05) is 12.4 Å². The van der Waals surface area contributed by atoms with Crippen LogP contribution in [0.4, 0.5) is 10.1 Å². The first kappa shape index (κ1) is 13.1. The normalized spacial score (nSPS) is 41.4. The molecule has 0 aromatic heterocycles. The zero-order chi connectivity index (χ0) is 15.3. The van der Waals surface area contributed by atoms with Gasteiger partial charge in [-0.05, 0) is 6.07 Å². The third-order valence-electron chi connectivity index (χ3n) is 4.98. The van der Waals surface area contributed by atoms with Crippen LogP contribution in [0.25, 0.3) is 0 Å². The Kier molecular flexibility index (Phi) is 2.22. The van der Waals surface area contributed by atoms with Gasteiger partial charge in [0.2, 0.25) is 0 Å². The maximum atomic E-state index is 15.9. The van der Waals surface area contributed by atoms with Crippen molar-refractivity contribution >= 4 is 39.1 Å². The van der Waals surface area contributed by atoms with Crippen molar-refractivity contribution in [3.8, 4) is 0 Å². The van der Waals surface area contributed by atoms with E-state index in [1.165, 1.54) is 31.4 Å². The predicted molar refractivity (Wildman–Crippen MR) is 82.6 cm³/mol. The fraction of sp³-hybridized carbons (Fsp3) is 0.429. The van der Waals surface area contributed by atoms with E-state index < -0.39 is 22.1 Å². The van der Waals surface area contributed by atoms with E-state index in [-0.39, 0.29) is 18.2 Å². The number of nitrogens with zero attached hydrogens (tertiary/aromatic N) is 2. The highest BCUT2D eigenvalue weighted by Gasteiger charge is 2.75. The smallest absolute Gasteiger partial charge is 0.261 e. The fourth-order valence-corrected chi connectivity index (χ4v) is 7.42. The summed E-state index contributed by atoms with van der Waals surface area (Å²) in [5, 5.41) is 2.56. The number of halogens is 1. The summed E-state index contributed by atoms with van der Waals surface area (Å²) >= 11 is 0. The molecule has 4 atom stereocenters. The third kappa shape index (κ3) is 1.19. The van der Waals surface area contributed by atoms with Crippen LogP contribution in [0.3, 0.4) is 0 Å². The number of alkyl halides is 1. The number of fused-ring (bicyclic) bond motifs is 5. The van der Waals surface area contributed by atoms with Crippen molar-refractivity contribution in [3.05, 3.63) is 29.8 Å². The molecule has 2 amide bonds. The molecular formula is C14H12FN3O2S2. The second-order valence-electron chi connectivity index (χ2n) is 6.07. The lowest BCUT2D eigenvalue weighted by atomic mass is 9.92. The molecule has 4 saturated heterocycles. The van der Waals surface area contributed by atoms with Gasteiger partial charge in [-0.2, -0.15) is 0 Å². The summed E-state index contributed by atoms with van der Waals surface area (Å²) in [6.45, 7) is 0. The first-order valence-corrected chi connectivity index (χ1v) is 9.20. The number of likely N-dealkylation sites (N-methyl/N-ethyl adjacent to an activating group) is 1. The highest BCUT2D eigenvalue weighted by Crippen LogP contribution is 2.66. The van der Waals surface area contributed by atoms with Gasteiger partial charge in [-0.15, -0.1) is 0 Å². The van der Waals surface area contributed by atoms with E-state index in [1.807, 2.05) is 12.1 Å². The highest BCUT2D eigenvalue weighted by molar-refractivity contribution is 8.78. The Morgan fingerprint density at radius 1 is 1.36 bits per heavy atom. The Labute approximate surface area is 134 Å². The van der Waals surface area contributed by atoms with Gasteiger partial charge in [0.25, 0.3) is 11.8 Å². The molecule has 5 nitrogen and oxygen atoms in total. The van der Waals surface area contributed by atoms with Crippen molar-refractivity contribution in [1.29, 1.82) is 0 Å². The van der Waals surface area contributed by atoms with E-state index in [9.17, 15) is 9.59 Å². The molecule has 0 saturated carbocycles. The second kappa shape index (κ2) is 3.73. The summed E-state index contributed by atoms with van der Waals surface area (Å²) in [5.41, 5.74) is -0.478. The number of carbonyl (C=O) groups is 2. The number of hydrogen-bond acceptors (Lipinski definition) is 5. The van der Waals surface area contributed by atoms with E-state index in [0.717, 1.165) is 0 Å². The van der Waals surface area contributed by atoms with Crippen molar-refractivity contribution in [1.82, 2.24) is 9.80 Å². The molecule has 5 aliphatic heterocycles. The van der Waals surface area contributed by atoms with Crippen LogP contribution in [0.1, 0.15) is 12.0 Å². The number of benzene rings is 1. The molecule has 1 N–H and O–H groups in total. The standard InChI is InChI=1S/C14H12FN3O2S2/c1-17-10-9(19)18-11-13(15,6-14(18,12(17)20)22-21-10)7-4-2-3-5-8(7)16-11/h2-5,10-11,16H,6H2,1H3/t10-,11+,13-,14-/m0/s1. The van der Waals surface area contributed by atoms with Gasteiger partial charge in [-0.3, -0.25) is 14.5 Å².